The summed E-state index contributed by atoms with van der Waals surface area (Å²) in [6.45, 7) is 1.40. The van der Waals surface area contributed by atoms with E-state index < -0.39 is 12.2 Å². The van der Waals surface area contributed by atoms with Crippen molar-refractivity contribution in [3.05, 3.63) is 27.8 Å². The lowest BCUT2D eigenvalue weighted by Gasteiger charge is -2.18. The zero-order valence-electron chi connectivity index (χ0n) is 9.28. The number of aliphatic hydroxyl groups excluding tert-OH is 2. The first-order valence-electron chi connectivity index (χ1n) is 4.86. The monoisotopic (exact) mass is 238 g/mol. The first-order chi connectivity index (χ1) is 7.97. The zero-order valence-corrected chi connectivity index (χ0v) is 9.28. The van der Waals surface area contributed by atoms with E-state index >= 15 is 0 Å². The van der Waals surface area contributed by atoms with E-state index in [9.17, 15) is 10.2 Å². The van der Waals surface area contributed by atoms with Crippen molar-refractivity contribution >= 4 is 11.5 Å². The van der Waals surface area contributed by atoms with Crippen molar-refractivity contribution in [2.75, 3.05) is 18.0 Å². The Balaban J connectivity index is 2.99. The van der Waals surface area contributed by atoms with Gasteiger partial charge < -0.3 is 21.7 Å². The van der Waals surface area contributed by atoms with Crippen LogP contribution >= 0.6 is 0 Å². The fraction of sp³-hybridized carbons (Fsp3) is 0.444. The van der Waals surface area contributed by atoms with Crippen molar-refractivity contribution in [3.63, 3.8) is 0 Å². The molecule has 2 atom stereocenters. The maximum atomic E-state index is 9.84. The third-order valence-electron chi connectivity index (χ3n) is 2.33. The van der Waals surface area contributed by atoms with Crippen LogP contribution in [0.3, 0.4) is 0 Å². The summed E-state index contributed by atoms with van der Waals surface area (Å²) in [5.74, 6) is 0.169. The van der Waals surface area contributed by atoms with Crippen molar-refractivity contribution in [1.29, 1.82) is 0 Å². The third-order valence-corrected chi connectivity index (χ3v) is 2.33. The minimum atomic E-state index is -1.23. The number of aliphatic hydroxyl groups is 2. The number of nitrogens with zero attached hydrogens (tertiary/aromatic N) is 4. The Hall–Kier alpha value is -2.02. The normalized spacial score (nSPS) is 13.8. The van der Waals surface area contributed by atoms with E-state index in [1.165, 1.54) is 6.07 Å². The van der Waals surface area contributed by atoms with Crippen LogP contribution in [0.1, 0.15) is 17.4 Å². The molecule has 1 heterocycles. The summed E-state index contributed by atoms with van der Waals surface area (Å²) in [4.78, 5) is 6.43. The molecule has 0 aromatic carbocycles. The quantitative estimate of drug-likeness (QED) is 0.336. The molecule has 1 aromatic heterocycles. The predicted octanol–water partition coefficient (Wildman–Crippen LogP) is 0.259. The van der Waals surface area contributed by atoms with Crippen molar-refractivity contribution in [3.8, 4) is 0 Å². The number of rotatable bonds is 4. The Morgan fingerprint density at radius 3 is 2.76 bits per heavy atom. The molecule has 0 radical (unpaired) electrons. The van der Waals surface area contributed by atoms with Gasteiger partial charge in [0.05, 0.1) is 18.3 Å². The number of aryl methyl sites for hydroxylation is 1. The number of hydrogen-bond acceptors (Lipinski definition) is 6. The molecule has 0 aliphatic rings. The van der Waals surface area contributed by atoms with E-state index in [1.807, 2.05) is 0 Å². The van der Waals surface area contributed by atoms with Crippen LogP contribution in [0, 0.1) is 6.92 Å². The van der Waals surface area contributed by atoms with Crippen molar-refractivity contribution in [2.45, 2.75) is 19.1 Å². The molecule has 0 aliphatic heterocycles. The lowest BCUT2D eigenvalue weighted by atomic mass is 10.0. The standard InChI is InChI=1S/C9H14N6O2/c1-4-5(2-6(10)9(11)14-4)8(17)7(16)3-13-15-12/h2,7-8,16-17H,3,10H2,1H3,(H2,11,14). The summed E-state index contributed by atoms with van der Waals surface area (Å²) < 4.78 is 0. The van der Waals surface area contributed by atoms with Gasteiger partial charge in [0.15, 0.2) is 0 Å². The van der Waals surface area contributed by atoms with E-state index in [1.54, 1.807) is 6.92 Å². The molecule has 0 aliphatic carbocycles. The van der Waals surface area contributed by atoms with Gasteiger partial charge in [-0.1, -0.05) is 5.11 Å². The molecule has 8 nitrogen and oxygen atoms in total. The van der Waals surface area contributed by atoms with Crippen LogP contribution in [0.4, 0.5) is 11.5 Å². The van der Waals surface area contributed by atoms with Crippen LogP contribution in [0.15, 0.2) is 11.2 Å². The molecule has 0 bridgehead atoms. The number of nitrogen functional groups attached to an aromatic ring is 2. The van der Waals surface area contributed by atoms with Crippen LogP contribution < -0.4 is 11.5 Å². The van der Waals surface area contributed by atoms with Crippen molar-refractivity contribution < 1.29 is 10.2 Å². The largest absolute Gasteiger partial charge is 0.396 e. The van der Waals surface area contributed by atoms with Gasteiger partial charge in [0.2, 0.25) is 0 Å². The number of azide groups is 1. The molecular formula is C9H14N6O2. The Kier molecular flexibility index (Phi) is 4.11. The van der Waals surface area contributed by atoms with E-state index in [4.69, 9.17) is 17.0 Å². The first-order valence-corrected chi connectivity index (χ1v) is 4.86. The fourth-order valence-corrected chi connectivity index (χ4v) is 1.38. The molecule has 17 heavy (non-hydrogen) atoms. The third kappa shape index (κ3) is 2.97. The van der Waals surface area contributed by atoms with Crippen LogP contribution in [0.2, 0.25) is 0 Å². The van der Waals surface area contributed by atoms with Gasteiger partial charge in [-0.15, -0.1) is 0 Å². The number of hydrogen-bond donors (Lipinski definition) is 4. The predicted molar refractivity (Wildman–Crippen MR) is 62.8 cm³/mol. The minimum absolute atomic E-state index is 0.169. The molecule has 0 fully saturated rings. The number of nitrogens with two attached hydrogens (primary N) is 2. The second-order valence-electron chi connectivity index (χ2n) is 3.56. The number of anilines is 2. The SMILES string of the molecule is Cc1nc(N)c(N)cc1C(O)C(O)CN=[N+]=[N-]. The first kappa shape index (κ1) is 13.0. The highest BCUT2D eigenvalue weighted by atomic mass is 16.3. The highest BCUT2D eigenvalue weighted by Gasteiger charge is 2.21. The van der Waals surface area contributed by atoms with E-state index in [2.05, 4.69) is 15.0 Å². The van der Waals surface area contributed by atoms with Gasteiger partial charge in [-0.3, -0.25) is 0 Å². The molecule has 0 saturated heterocycles. The fourth-order valence-electron chi connectivity index (χ4n) is 1.38. The van der Waals surface area contributed by atoms with Crippen molar-refractivity contribution in [1.82, 2.24) is 4.98 Å². The van der Waals surface area contributed by atoms with Crippen LogP contribution in [0.5, 0.6) is 0 Å². The molecule has 0 saturated carbocycles. The molecule has 1 aromatic rings. The maximum absolute atomic E-state index is 9.84. The van der Waals surface area contributed by atoms with Gasteiger partial charge in [0.25, 0.3) is 0 Å². The molecule has 2 unspecified atom stereocenters. The van der Waals surface area contributed by atoms with E-state index in [0.29, 0.717) is 11.3 Å². The van der Waals surface area contributed by atoms with Gasteiger partial charge in [0, 0.05) is 16.2 Å². The number of aromatic nitrogens is 1. The number of pyridine rings is 1. The van der Waals surface area contributed by atoms with Gasteiger partial charge in [-0.2, -0.15) is 0 Å². The summed E-state index contributed by atoms with van der Waals surface area (Å²) in [6, 6.07) is 1.45. The van der Waals surface area contributed by atoms with Gasteiger partial charge in [-0.05, 0) is 18.5 Å². The van der Waals surface area contributed by atoms with Crippen molar-refractivity contribution in [2.24, 2.45) is 5.11 Å². The van der Waals surface area contributed by atoms with Crippen LogP contribution in [-0.4, -0.2) is 27.8 Å². The van der Waals surface area contributed by atoms with Gasteiger partial charge in [-0.25, -0.2) is 4.98 Å². The Morgan fingerprint density at radius 2 is 2.18 bits per heavy atom. The molecule has 6 N–H and O–H groups in total. The lowest BCUT2D eigenvalue weighted by molar-refractivity contribution is 0.0238. The highest BCUT2D eigenvalue weighted by molar-refractivity contribution is 5.60. The maximum Gasteiger partial charge on any atom is 0.146 e. The average Bonchev–Trinajstić information content (AvgIpc) is 2.29. The summed E-state index contributed by atoms with van der Waals surface area (Å²) >= 11 is 0. The van der Waals surface area contributed by atoms with Crippen LogP contribution in [-0.2, 0) is 0 Å². The topological polar surface area (TPSA) is 154 Å². The van der Waals surface area contributed by atoms with Gasteiger partial charge in [0.1, 0.15) is 11.9 Å². The van der Waals surface area contributed by atoms with Crippen LogP contribution in [0.25, 0.3) is 10.4 Å². The highest BCUT2D eigenvalue weighted by Crippen LogP contribution is 2.24. The Labute approximate surface area is 97.5 Å². The Morgan fingerprint density at radius 1 is 1.53 bits per heavy atom. The molecule has 0 amide bonds. The minimum Gasteiger partial charge on any atom is -0.396 e. The van der Waals surface area contributed by atoms with E-state index in [-0.39, 0.29) is 18.1 Å². The molecule has 0 spiro atoms. The summed E-state index contributed by atoms with van der Waals surface area (Å²) in [6.07, 6.45) is -2.44. The molecule has 1 rings (SSSR count). The summed E-state index contributed by atoms with van der Waals surface area (Å²) in [7, 11) is 0. The zero-order chi connectivity index (χ0) is 13.0. The summed E-state index contributed by atoms with van der Waals surface area (Å²) in [5.41, 5.74) is 20.2. The molecule has 8 heteroatoms. The summed E-state index contributed by atoms with van der Waals surface area (Å²) in [5, 5.41) is 22.6. The second kappa shape index (κ2) is 5.35. The molecular weight excluding hydrogens is 224 g/mol. The second-order valence-corrected chi connectivity index (χ2v) is 3.56. The van der Waals surface area contributed by atoms with E-state index in [0.717, 1.165) is 0 Å². The smallest absolute Gasteiger partial charge is 0.146 e. The average molecular weight is 238 g/mol. The Bertz CT molecular complexity index is 457. The van der Waals surface area contributed by atoms with Gasteiger partial charge >= 0.3 is 0 Å². The molecule has 92 valence electrons. The lowest BCUT2D eigenvalue weighted by Crippen LogP contribution is -2.22.